The molecule has 2 N–H and O–H groups in total. The van der Waals surface area contributed by atoms with Crippen LogP contribution in [0, 0.1) is 0 Å². The molecule has 0 bridgehead atoms. The molecule has 4 rings (SSSR count). The van der Waals surface area contributed by atoms with Crippen molar-refractivity contribution in [3.05, 3.63) is 35.7 Å². The van der Waals surface area contributed by atoms with Crippen LogP contribution in [0.1, 0.15) is 30.7 Å². The smallest absolute Gasteiger partial charge is 0.258 e. The number of likely N-dealkylation sites (N-methyl/N-ethyl adjacent to an activating group) is 1. The highest BCUT2D eigenvalue weighted by Gasteiger charge is 2.39. The lowest BCUT2D eigenvalue weighted by molar-refractivity contribution is 0.148. The van der Waals surface area contributed by atoms with Crippen LogP contribution in [0.5, 0.6) is 0 Å². The van der Waals surface area contributed by atoms with E-state index >= 15 is 0 Å². The van der Waals surface area contributed by atoms with Crippen LogP contribution in [0.4, 0.5) is 0 Å². The molecule has 1 aliphatic carbocycles. The van der Waals surface area contributed by atoms with Gasteiger partial charge in [-0.1, -0.05) is 17.3 Å². The molecular formula is C18H26ClN5O. The van der Waals surface area contributed by atoms with E-state index in [0.717, 1.165) is 57.5 Å². The molecule has 0 amide bonds. The van der Waals surface area contributed by atoms with Crippen LogP contribution in [-0.4, -0.2) is 53.2 Å². The lowest BCUT2D eigenvalue weighted by Gasteiger charge is -2.34. The van der Waals surface area contributed by atoms with Gasteiger partial charge in [0.1, 0.15) is 0 Å². The lowest BCUT2D eigenvalue weighted by atomic mass is 9.77. The van der Waals surface area contributed by atoms with Gasteiger partial charge in [0.05, 0.1) is 5.54 Å². The molecule has 0 atom stereocenters. The van der Waals surface area contributed by atoms with E-state index < -0.39 is 0 Å². The van der Waals surface area contributed by atoms with Crippen molar-refractivity contribution < 1.29 is 4.52 Å². The first kappa shape index (κ1) is 18.3. The Hall–Kier alpha value is -1.47. The van der Waals surface area contributed by atoms with Crippen molar-refractivity contribution >= 4 is 12.4 Å². The molecule has 7 heteroatoms. The van der Waals surface area contributed by atoms with Crippen molar-refractivity contribution in [2.24, 2.45) is 5.73 Å². The van der Waals surface area contributed by atoms with E-state index in [1.807, 2.05) is 6.07 Å². The summed E-state index contributed by atoms with van der Waals surface area (Å²) in [4.78, 5) is 9.41. The Kier molecular flexibility index (Phi) is 5.43. The highest BCUT2D eigenvalue weighted by Crippen LogP contribution is 2.37. The molecule has 1 aromatic carbocycles. The number of rotatable bonds is 4. The second-order valence-corrected chi connectivity index (χ2v) is 7.21. The minimum Gasteiger partial charge on any atom is -0.334 e. The number of aromatic nitrogens is 2. The Labute approximate surface area is 154 Å². The Balaban J connectivity index is 0.00000182. The maximum Gasteiger partial charge on any atom is 0.258 e. The summed E-state index contributed by atoms with van der Waals surface area (Å²) in [5.41, 5.74) is 8.16. The van der Waals surface area contributed by atoms with Crippen LogP contribution in [-0.2, 0) is 12.1 Å². The summed E-state index contributed by atoms with van der Waals surface area (Å²) in [6.45, 7) is 5.45. The highest BCUT2D eigenvalue weighted by atomic mass is 35.5. The summed E-state index contributed by atoms with van der Waals surface area (Å²) in [7, 11) is 2.18. The van der Waals surface area contributed by atoms with Gasteiger partial charge in [-0.25, -0.2) is 0 Å². The molecule has 1 aliphatic heterocycles. The molecule has 136 valence electrons. The quantitative estimate of drug-likeness (QED) is 0.898. The predicted octanol–water partition coefficient (Wildman–Crippen LogP) is 2.24. The summed E-state index contributed by atoms with van der Waals surface area (Å²) >= 11 is 0. The zero-order valence-electron chi connectivity index (χ0n) is 14.6. The van der Waals surface area contributed by atoms with Gasteiger partial charge in [0.2, 0.25) is 0 Å². The van der Waals surface area contributed by atoms with Crippen molar-refractivity contribution in [2.75, 3.05) is 33.2 Å². The highest BCUT2D eigenvalue weighted by molar-refractivity contribution is 5.85. The molecule has 1 aromatic heterocycles. The molecule has 0 spiro atoms. The molecule has 2 heterocycles. The van der Waals surface area contributed by atoms with Crippen LogP contribution >= 0.6 is 12.4 Å². The van der Waals surface area contributed by atoms with E-state index in [4.69, 9.17) is 10.3 Å². The van der Waals surface area contributed by atoms with E-state index in [9.17, 15) is 0 Å². The maximum atomic E-state index is 6.28. The van der Waals surface area contributed by atoms with Crippen LogP contribution in [0.25, 0.3) is 11.5 Å². The third-order valence-corrected chi connectivity index (χ3v) is 5.29. The molecule has 1 saturated carbocycles. The number of piperazine rings is 1. The van der Waals surface area contributed by atoms with Gasteiger partial charge in [-0.2, -0.15) is 4.98 Å². The normalized spacial score (nSPS) is 20.7. The number of halogens is 1. The topological polar surface area (TPSA) is 71.4 Å². The standard InChI is InChI=1S/C18H25N5O.ClH/c1-22-8-10-23(11-9-22)13-14-4-2-5-15(12-14)16-20-17(21-24-16)18(19)6-3-7-18;/h2,4-5,12H,3,6-11,13,19H2,1H3;1H. The van der Waals surface area contributed by atoms with Gasteiger partial charge in [-0.05, 0) is 44.0 Å². The van der Waals surface area contributed by atoms with Crippen molar-refractivity contribution in [1.29, 1.82) is 0 Å². The second-order valence-electron chi connectivity index (χ2n) is 7.21. The van der Waals surface area contributed by atoms with E-state index in [1.165, 1.54) is 5.56 Å². The fraction of sp³-hybridized carbons (Fsp3) is 0.556. The van der Waals surface area contributed by atoms with Gasteiger partial charge < -0.3 is 15.2 Å². The average Bonchev–Trinajstić information content (AvgIpc) is 3.05. The zero-order chi connectivity index (χ0) is 16.6. The van der Waals surface area contributed by atoms with Crippen LogP contribution in [0.3, 0.4) is 0 Å². The van der Waals surface area contributed by atoms with Crippen molar-refractivity contribution in [1.82, 2.24) is 19.9 Å². The zero-order valence-corrected chi connectivity index (χ0v) is 15.5. The van der Waals surface area contributed by atoms with E-state index in [-0.39, 0.29) is 17.9 Å². The summed E-state index contributed by atoms with van der Waals surface area (Å²) in [6, 6.07) is 8.40. The lowest BCUT2D eigenvalue weighted by Crippen LogP contribution is -2.44. The summed E-state index contributed by atoms with van der Waals surface area (Å²) in [5, 5.41) is 4.11. The Morgan fingerprint density at radius 1 is 1.20 bits per heavy atom. The monoisotopic (exact) mass is 363 g/mol. The Morgan fingerprint density at radius 2 is 1.96 bits per heavy atom. The summed E-state index contributed by atoms with van der Waals surface area (Å²) in [6.07, 6.45) is 3.02. The van der Waals surface area contributed by atoms with E-state index in [0.29, 0.717) is 11.7 Å². The molecular weight excluding hydrogens is 338 g/mol. The summed E-state index contributed by atoms with van der Waals surface area (Å²) in [5.74, 6) is 1.22. The summed E-state index contributed by atoms with van der Waals surface area (Å²) < 4.78 is 5.47. The molecule has 6 nitrogen and oxygen atoms in total. The number of benzene rings is 1. The number of nitrogens with two attached hydrogens (primary N) is 1. The first-order chi connectivity index (χ1) is 11.6. The molecule has 2 fully saturated rings. The van der Waals surface area contributed by atoms with Crippen LogP contribution in [0.15, 0.2) is 28.8 Å². The Bertz CT molecular complexity index is 707. The first-order valence-electron chi connectivity index (χ1n) is 8.76. The van der Waals surface area contributed by atoms with Gasteiger partial charge in [0.15, 0.2) is 5.82 Å². The SMILES string of the molecule is CN1CCN(Cc2cccc(-c3nc(C4(N)CCC4)no3)c2)CC1.Cl. The van der Waals surface area contributed by atoms with Crippen molar-refractivity contribution in [3.63, 3.8) is 0 Å². The minimum absolute atomic E-state index is 0. The van der Waals surface area contributed by atoms with Crippen molar-refractivity contribution in [2.45, 2.75) is 31.3 Å². The predicted molar refractivity (Wildman–Crippen MR) is 99.5 cm³/mol. The fourth-order valence-corrected chi connectivity index (χ4v) is 3.39. The largest absolute Gasteiger partial charge is 0.334 e. The van der Waals surface area contributed by atoms with Crippen LogP contribution in [0.2, 0.25) is 0 Å². The van der Waals surface area contributed by atoms with Gasteiger partial charge in [-0.15, -0.1) is 12.4 Å². The van der Waals surface area contributed by atoms with Gasteiger partial charge >= 0.3 is 0 Å². The molecule has 0 unspecified atom stereocenters. The first-order valence-corrected chi connectivity index (χ1v) is 8.76. The number of nitrogens with zero attached hydrogens (tertiary/aromatic N) is 4. The van der Waals surface area contributed by atoms with Gasteiger partial charge in [0.25, 0.3) is 5.89 Å². The van der Waals surface area contributed by atoms with E-state index in [1.54, 1.807) is 0 Å². The molecule has 2 aliphatic rings. The molecule has 0 radical (unpaired) electrons. The molecule has 2 aromatic rings. The third kappa shape index (κ3) is 3.87. The second kappa shape index (κ2) is 7.41. The van der Waals surface area contributed by atoms with Crippen LogP contribution < -0.4 is 5.73 Å². The average molecular weight is 364 g/mol. The van der Waals surface area contributed by atoms with Gasteiger partial charge in [-0.3, -0.25) is 4.90 Å². The van der Waals surface area contributed by atoms with E-state index in [2.05, 4.69) is 45.2 Å². The Morgan fingerprint density at radius 3 is 2.64 bits per heavy atom. The molecule has 1 saturated heterocycles. The fourth-order valence-electron chi connectivity index (χ4n) is 3.39. The maximum absolute atomic E-state index is 6.28. The van der Waals surface area contributed by atoms with Crippen molar-refractivity contribution in [3.8, 4) is 11.5 Å². The molecule has 25 heavy (non-hydrogen) atoms. The number of hydrogen-bond donors (Lipinski definition) is 1. The minimum atomic E-state index is -0.376. The van der Waals surface area contributed by atoms with Gasteiger partial charge in [0, 0.05) is 38.3 Å². The number of hydrogen-bond acceptors (Lipinski definition) is 6. The third-order valence-electron chi connectivity index (χ3n) is 5.29.